The van der Waals surface area contributed by atoms with Gasteiger partial charge >= 0.3 is 5.97 Å². The van der Waals surface area contributed by atoms with E-state index in [9.17, 15) is 24.0 Å². The van der Waals surface area contributed by atoms with Gasteiger partial charge in [0.2, 0.25) is 23.6 Å². The van der Waals surface area contributed by atoms with Crippen LogP contribution >= 0.6 is 0 Å². The SMILES string of the molecule is NC(=O)CCC(N)C(=O)NC(CCC(=O)Nc1ccccc1C(=O)O)C(N)=O. The second kappa shape index (κ2) is 10.6. The molecule has 0 aliphatic heterocycles. The molecule has 0 bridgehead atoms. The normalized spacial score (nSPS) is 12.5. The molecule has 4 amide bonds. The van der Waals surface area contributed by atoms with E-state index >= 15 is 0 Å². The molecule has 11 heteroatoms. The van der Waals surface area contributed by atoms with Gasteiger partial charge in [-0.25, -0.2) is 4.79 Å². The van der Waals surface area contributed by atoms with Gasteiger partial charge in [-0.05, 0) is 25.0 Å². The van der Waals surface area contributed by atoms with E-state index in [0.29, 0.717) is 0 Å². The zero-order chi connectivity index (χ0) is 21.3. The zero-order valence-corrected chi connectivity index (χ0v) is 15.0. The van der Waals surface area contributed by atoms with Crippen LogP contribution in [0.1, 0.15) is 36.0 Å². The minimum absolute atomic E-state index is 0.000886. The Morgan fingerprint density at radius 3 is 2.21 bits per heavy atom. The maximum Gasteiger partial charge on any atom is 0.337 e. The predicted molar refractivity (Wildman–Crippen MR) is 98.8 cm³/mol. The Morgan fingerprint density at radius 2 is 1.64 bits per heavy atom. The summed E-state index contributed by atoms with van der Waals surface area (Å²) in [6.07, 6.45) is -0.427. The van der Waals surface area contributed by atoms with Crippen molar-refractivity contribution in [3.05, 3.63) is 29.8 Å². The van der Waals surface area contributed by atoms with E-state index in [2.05, 4.69) is 10.6 Å². The fourth-order valence-electron chi connectivity index (χ4n) is 2.26. The molecule has 0 saturated carbocycles. The van der Waals surface area contributed by atoms with Crippen molar-refractivity contribution < 1.29 is 29.1 Å². The Morgan fingerprint density at radius 1 is 1.00 bits per heavy atom. The molecule has 0 aliphatic rings. The number of para-hydroxylation sites is 1. The maximum atomic E-state index is 12.1. The molecular formula is C17H23N5O6. The monoisotopic (exact) mass is 393 g/mol. The average molecular weight is 393 g/mol. The molecule has 9 N–H and O–H groups in total. The lowest BCUT2D eigenvalue weighted by Gasteiger charge is -2.18. The highest BCUT2D eigenvalue weighted by Crippen LogP contribution is 2.15. The molecular weight excluding hydrogens is 370 g/mol. The number of anilines is 1. The molecule has 0 fully saturated rings. The minimum atomic E-state index is -1.21. The van der Waals surface area contributed by atoms with E-state index in [1.54, 1.807) is 6.07 Å². The largest absolute Gasteiger partial charge is 0.478 e. The number of nitrogens with two attached hydrogens (primary N) is 3. The van der Waals surface area contributed by atoms with Crippen LogP contribution in [-0.2, 0) is 19.2 Å². The molecule has 0 spiro atoms. The summed E-state index contributed by atoms with van der Waals surface area (Å²) in [6, 6.07) is 3.60. The number of nitrogens with one attached hydrogen (secondary N) is 2. The molecule has 0 radical (unpaired) electrons. The Labute approximate surface area is 160 Å². The third-order valence-corrected chi connectivity index (χ3v) is 3.79. The fraction of sp³-hybridized carbons (Fsp3) is 0.353. The number of carbonyl (C=O) groups is 5. The average Bonchev–Trinajstić information content (AvgIpc) is 2.62. The topological polar surface area (TPSA) is 208 Å². The second-order valence-corrected chi connectivity index (χ2v) is 6.01. The first-order valence-electron chi connectivity index (χ1n) is 8.37. The van der Waals surface area contributed by atoms with Crippen molar-refractivity contribution in [3.63, 3.8) is 0 Å². The van der Waals surface area contributed by atoms with Crippen LogP contribution in [0, 0.1) is 0 Å². The lowest BCUT2D eigenvalue weighted by molar-refractivity contribution is -0.129. The molecule has 152 valence electrons. The summed E-state index contributed by atoms with van der Waals surface area (Å²) in [5.41, 5.74) is 15.8. The molecule has 1 aromatic carbocycles. The lowest BCUT2D eigenvalue weighted by Crippen LogP contribution is -2.50. The van der Waals surface area contributed by atoms with Gasteiger partial charge in [0.05, 0.1) is 17.3 Å². The van der Waals surface area contributed by atoms with Crippen molar-refractivity contribution in [3.8, 4) is 0 Å². The number of hydrogen-bond acceptors (Lipinski definition) is 6. The summed E-state index contributed by atoms with van der Waals surface area (Å²) in [6.45, 7) is 0. The van der Waals surface area contributed by atoms with E-state index < -0.39 is 41.7 Å². The predicted octanol–water partition coefficient (Wildman–Crippen LogP) is -1.33. The number of carbonyl (C=O) groups excluding carboxylic acids is 4. The van der Waals surface area contributed by atoms with E-state index in [0.717, 1.165) is 0 Å². The standard InChI is InChI=1S/C17H23N5O6/c18-10(5-7-13(19)23)16(26)22-12(15(20)25)6-8-14(24)21-11-4-2-1-3-9(11)17(27)28/h1-4,10,12H,5-8,18H2,(H2,19,23)(H2,20,25)(H,21,24)(H,22,26)(H,27,28). The van der Waals surface area contributed by atoms with Gasteiger partial charge in [0, 0.05) is 12.8 Å². The third-order valence-electron chi connectivity index (χ3n) is 3.79. The molecule has 0 heterocycles. The van der Waals surface area contributed by atoms with Gasteiger partial charge in [0.15, 0.2) is 0 Å². The Balaban J connectivity index is 2.62. The van der Waals surface area contributed by atoms with Gasteiger partial charge in [0.25, 0.3) is 0 Å². The molecule has 0 saturated heterocycles. The highest BCUT2D eigenvalue weighted by atomic mass is 16.4. The summed E-state index contributed by atoms with van der Waals surface area (Å²) >= 11 is 0. The van der Waals surface area contributed by atoms with Crippen molar-refractivity contribution >= 4 is 35.3 Å². The van der Waals surface area contributed by atoms with Gasteiger partial charge in [-0.15, -0.1) is 0 Å². The highest BCUT2D eigenvalue weighted by molar-refractivity contribution is 6.00. The number of aromatic carboxylic acids is 1. The molecule has 11 nitrogen and oxygen atoms in total. The number of carboxylic acid groups (broad SMARTS) is 1. The zero-order valence-electron chi connectivity index (χ0n) is 15.0. The highest BCUT2D eigenvalue weighted by Gasteiger charge is 2.23. The van der Waals surface area contributed by atoms with Gasteiger partial charge < -0.3 is 32.9 Å². The fourth-order valence-corrected chi connectivity index (χ4v) is 2.26. The molecule has 2 atom stereocenters. The summed E-state index contributed by atoms with van der Waals surface area (Å²) in [5.74, 6) is -3.96. The van der Waals surface area contributed by atoms with Crippen LogP contribution in [0.15, 0.2) is 24.3 Å². The minimum Gasteiger partial charge on any atom is -0.478 e. The third kappa shape index (κ3) is 7.41. The first kappa shape index (κ1) is 22.6. The number of rotatable bonds is 11. The molecule has 1 rings (SSSR count). The first-order chi connectivity index (χ1) is 13.1. The molecule has 28 heavy (non-hydrogen) atoms. The van der Waals surface area contributed by atoms with E-state index in [1.165, 1.54) is 18.2 Å². The Kier molecular flexibility index (Phi) is 8.56. The summed E-state index contributed by atoms with van der Waals surface area (Å²) in [7, 11) is 0. The van der Waals surface area contributed by atoms with Crippen LogP contribution in [0.4, 0.5) is 5.69 Å². The second-order valence-electron chi connectivity index (χ2n) is 6.01. The maximum absolute atomic E-state index is 12.1. The molecule has 2 unspecified atom stereocenters. The number of primary amides is 2. The Hall–Kier alpha value is -3.47. The van der Waals surface area contributed by atoms with Crippen molar-refractivity contribution in [2.75, 3.05) is 5.32 Å². The number of benzene rings is 1. The van der Waals surface area contributed by atoms with Crippen molar-refractivity contribution in [2.24, 2.45) is 17.2 Å². The van der Waals surface area contributed by atoms with Gasteiger partial charge in [0.1, 0.15) is 6.04 Å². The van der Waals surface area contributed by atoms with Crippen molar-refractivity contribution in [1.82, 2.24) is 5.32 Å². The smallest absolute Gasteiger partial charge is 0.337 e. The molecule has 0 aliphatic carbocycles. The Bertz CT molecular complexity index is 766. The van der Waals surface area contributed by atoms with Gasteiger partial charge in [-0.2, -0.15) is 0 Å². The summed E-state index contributed by atoms with van der Waals surface area (Å²) < 4.78 is 0. The molecule has 1 aromatic rings. The van der Waals surface area contributed by atoms with Crippen LogP contribution in [0.25, 0.3) is 0 Å². The van der Waals surface area contributed by atoms with Gasteiger partial charge in [-0.1, -0.05) is 12.1 Å². The van der Waals surface area contributed by atoms with E-state index in [4.69, 9.17) is 22.3 Å². The lowest BCUT2D eigenvalue weighted by atomic mass is 10.1. The van der Waals surface area contributed by atoms with E-state index in [1.807, 2.05) is 0 Å². The van der Waals surface area contributed by atoms with Crippen molar-refractivity contribution in [1.29, 1.82) is 0 Å². The van der Waals surface area contributed by atoms with Gasteiger partial charge in [-0.3, -0.25) is 19.2 Å². The quantitative estimate of drug-likeness (QED) is 0.266. The van der Waals surface area contributed by atoms with E-state index in [-0.39, 0.29) is 36.9 Å². The summed E-state index contributed by atoms with van der Waals surface area (Å²) in [4.78, 5) is 57.4. The van der Waals surface area contributed by atoms with Crippen LogP contribution in [0.3, 0.4) is 0 Å². The van der Waals surface area contributed by atoms with Crippen LogP contribution < -0.4 is 27.8 Å². The van der Waals surface area contributed by atoms with Crippen molar-refractivity contribution in [2.45, 2.75) is 37.8 Å². The van der Waals surface area contributed by atoms with Crippen LogP contribution in [0.2, 0.25) is 0 Å². The number of carboxylic acids is 1. The number of hydrogen-bond donors (Lipinski definition) is 6. The first-order valence-corrected chi connectivity index (χ1v) is 8.37. The molecule has 0 aromatic heterocycles. The number of amides is 4. The van der Waals surface area contributed by atoms with Crippen LogP contribution in [-0.4, -0.2) is 46.8 Å². The summed E-state index contributed by atoms with van der Waals surface area (Å²) in [5, 5.41) is 13.9. The van der Waals surface area contributed by atoms with Crippen LogP contribution in [0.5, 0.6) is 0 Å².